The average Bonchev–Trinajstić information content (AvgIpc) is 2.46. The summed E-state index contributed by atoms with van der Waals surface area (Å²) >= 11 is 0. The van der Waals surface area contributed by atoms with Crippen LogP contribution in [-0.2, 0) is 4.79 Å². The zero-order chi connectivity index (χ0) is 15.2. The highest BCUT2D eigenvalue weighted by molar-refractivity contribution is 6.01. The van der Waals surface area contributed by atoms with E-state index in [1.807, 2.05) is 0 Å². The Bertz CT molecular complexity index is 519. The van der Waals surface area contributed by atoms with Crippen LogP contribution in [0.5, 0.6) is 0 Å². The molecule has 4 heteroatoms. The van der Waals surface area contributed by atoms with Crippen molar-refractivity contribution >= 4 is 17.6 Å². The fourth-order valence-corrected chi connectivity index (χ4v) is 3.08. The first-order chi connectivity index (χ1) is 10.1. The average molecular weight is 289 g/mol. The van der Waals surface area contributed by atoms with Crippen LogP contribution in [0.3, 0.4) is 0 Å². The fraction of sp³-hybridized carbons (Fsp3) is 0.529. The predicted octanol–water partition coefficient (Wildman–Crippen LogP) is 3.99. The van der Waals surface area contributed by atoms with Crippen LogP contribution >= 0.6 is 0 Å². The van der Waals surface area contributed by atoms with Gasteiger partial charge in [-0.3, -0.25) is 4.79 Å². The number of benzene rings is 1. The van der Waals surface area contributed by atoms with Gasteiger partial charge in [0.2, 0.25) is 5.91 Å². The monoisotopic (exact) mass is 289 g/mol. The van der Waals surface area contributed by atoms with Crippen LogP contribution in [0.1, 0.15) is 60.9 Å². The Labute approximate surface area is 125 Å². The van der Waals surface area contributed by atoms with Gasteiger partial charge in [-0.15, -0.1) is 0 Å². The Balaban J connectivity index is 1.93. The SMILES string of the molecule is Cc1cccc(NC(=O)CCC2CCCCC2)c1C(=O)O. The number of carbonyl (C=O) groups excluding carboxylic acids is 1. The minimum atomic E-state index is -1.00. The molecule has 0 spiro atoms. The van der Waals surface area contributed by atoms with Gasteiger partial charge < -0.3 is 10.4 Å². The number of carboxylic acid groups (broad SMARTS) is 1. The first kappa shape index (κ1) is 15.5. The predicted molar refractivity (Wildman–Crippen MR) is 82.6 cm³/mol. The van der Waals surface area contributed by atoms with E-state index in [2.05, 4.69) is 5.32 Å². The summed E-state index contributed by atoms with van der Waals surface area (Å²) in [6.07, 6.45) is 7.67. The molecule has 1 aromatic carbocycles. The van der Waals surface area contributed by atoms with Gasteiger partial charge in [0.15, 0.2) is 0 Å². The van der Waals surface area contributed by atoms with E-state index >= 15 is 0 Å². The van der Waals surface area contributed by atoms with E-state index in [9.17, 15) is 14.7 Å². The number of aromatic carboxylic acids is 1. The molecule has 2 N–H and O–H groups in total. The first-order valence-corrected chi connectivity index (χ1v) is 7.70. The normalized spacial score (nSPS) is 15.7. The molecule has 4 nitrogen and oxygen atoms in total. The summed E-state index contributed by atoms with van der Waals surface area (Å²) in [5.41, 5.74) is 1.24. The van der Waals surface area contributed by atoms with Crippen molar-refractivity contribution in [3.8, 4) is 0 Å². The minimum Gasteiger partial charge on any atom is -0.478 e. The van der Waals surface area contributed by atoms with Gasteiger partial charge in [0.1, 0.15) is 0 Å². The molecule has 2 rings (SSSR count). The maximum atomic E-state index is 12.0. The largest absolute Gasteiger partial charge is 0.478 e. The molecule has 1 amide bonds. The Hall–Kier alpha value is -1.84. The number of aryl methyl sites for hydroxylation is 1. The van der Waals surface area contributed by atoms with Crippen molar-refractivity contribution in [1.29, 1.82) is 0 Å². The number of nitrogens with one attached hydrogen (secondary N) is 1. The number of amides is 1. The summed E-state index contributed by atoms with van der Waals surface area (Å²) in [5, 5.41) is 12.0. The van der Waals surface area contributed by atoms with Crippen LogP contribution in [0.15, 0.2) is 18.2 Å². The molecule has 0 aromatic heterocycles. The van der Waals surface area contributed by atoms with Gasteiger partial charge in [0.05, 0.1) is 11.3 Å². The lowest BCUT2D eigenvalue weighted by Crippen LogP contribution is -2.17. The first-order valence-electron chi connectivity index (χ1n) is 7.70. The highest BCUT2D eigenvalue weighted by Crippen LogP contribution is 2.27. The maximum Gasteiger partial charge on any atom is 0.338 e. The zero-order valence-corrected chi connectivity index (χ0v) is 12.5. The molecule has 1 aliphatic rings. The molecule has 1 saturated carbocycles. The van der Waals surface area contributed by atoms with Crippen molar-refractivity contribution in [3.63, 3.8) is 0 Å². The molecular weight excluding hydrogens is 266 g/mol. The van der Waals surface area contributed by atoms with E-state index in [0.29, 0.717) is 23.6 Å². The number of anilines is 1. The van der Waals surface area contributed by atoms with Crippen LogP contribution < -0.4 is 5.32 Å². The summed E-state index contributed by atoms with van der Waals surface area (Å²) in [6.45, 7) is 1.74. The molecule has 1 aromatic rings. The molecule has 114 valence electrons. The number of hydrogen-bond acceptors (Lipinski definition) is 2. The second kappa shape index (κ2) is 7.25. The molecule has 1 fully saturated rings. The standard InChI is InChI=1S/C17H23NO3/c1-12-6-5-9-14(16(12)17(20)21)18-15(19)11-10-13-7-3-2-4-8-13/h5-6,9,13H,2-4,7-8,10-11H2,1H3,(H,18,19)(H,20,21). The van der Waals surface area contributed by atoms with Crippen LogP contribution in [-0.4, -0.2) is 17.0 Å². The minimum absolute atomic E-state index is 0.0892. The van der Waals surface area contributed by atoms with E-state index in [4.69, 9.17) is 0 Å². The van der Waals surface area contributed by atoms with Gasteiger partial charge in [0, 0.05) is 6.42 Å². The van der Waals surface area contributed by atoms with E-state index in [-0.39, 0.29) is 11.5 Å². The molecule has 0 atom stereocenters. The molecule has 1 aliphatic carbocycles. The van der Waals surface area contributed by atoms with Crippen molar-refractivity contribution in [3.05, 3.63) is 29.3 Å². The van der Waals surface area contributed by atoms with E-state index in [1.54, 1.807) is 25.1 Å². The van der Waals surface area contributed by atoms with Crippen molar-refractivity contribution < 1.29 is 14.7 Å². The van der Waals surface area contributed by atoms with Crippen LogP contribution in [0.2, 0.25) is 0 Å². The Kier molecular flexibility index (Phi) is 5.37. The van der Waals surface area contributed by atoms with Crippen molar-refractivity contribution in [2.24, 2.45) is 5.92 Å². The third-order valence-corrected chi connectivity index (χ3v) is 4.27. The van der Waals surface area contributed by atoms with E-state index < -0.39 is 5.97 Å². The lowest BCUT2D eigenvalue weighted by molar-refractivity contribution is -0.116. The topological polar surface area (TPSA) is 66.4 Å². The summed E-state index contributed by atoms with van der Waals surface area (Å²) in [6, 6.07) is 5.15. The number of hydrogen-bond donors (Lipinski definition) is 2. The third kappa shape index (κ3) is 4.31. The summed E-state index contributed by atoms with van der Waals surface area (Å²) < 4.78 is 0. The Morgan fingerprint density at radius 1 is 1.24 bits per heavy atom. The van der Waals surface area contributed by atoms with Crippen molar-refractivity contribution in [2.75, 3.05) is 5.32 Å². The molecule has 0 saturated heterocycles. The van der Waals surface area contributed by atoms with Gasteiger partial charge in [0.25, 0.3) is 0 Å². The molecule has 0 aliphatic heterocycles. The molecule has 0 radical (unpaired) electrons. The van der Waals surface area contributed by atoms with Crippen LogP contribution in [0.4, 0.5) is 5.69 Å². The summed E-state index contributed by atoms with van der Waals surface area (Å²) in [7, 11) is 0. The van der Waals surface area contributed by atoms with Crippen molar-refractivity contribution in [2.45, 2.75) is 51.9 Å². The highest BCUT2D eigenvalue weighted by atomic mass is 16.4. The second-order valence-corrected chi connectivity index (χ2v) is 5.89. The number of rotatable bonds is 5. The van der Waals surface area contributed by atoms with Crippen LogP contribution in [0, 0.1) is 12.8 Å². The number of carbonyl (C=O) groups is 2. The lowest BCUT2D eigenvalue weighted by atomic mass is 9.86. The molecule has 0 bridgehead atoms. The van der Waals surface area contributed by atoms with Gasteiger partial charge in [-0.1, -0.05) is 44.2 Å². The van der Waals surface area contributed by atoms with E-state index in [0.717, 1.165) is 6.42 Å². The van der Waals surface area contributed by atoms with E-state index in [1.165, 1.54) is 32.1 Å². The van der Waals surface area contributed by atoms with Gasteiger partial charge in [-0.05, 0) is 30.9 Å². The van der Waals surface area contributed by atoms with Crippen molar-refractivity contribution in [1.82, 2.24) is 0 Å². The Morgan fingerprint density at radius 2 is 1.95 bits per heavy atom. The quantitative estimate of drug-likeness (QED) is 0.861. The summed E-state index contributed by atoms with van der Waals surface area (Å²) in [4.78, 5) is 23.3. The second-order valence-electron chi connectivity index (χ2n) is 5.89. The van der Waals surface area contributed by atoms with Crippen LogP contribution in [0.25, 0.3) is 0 Å². The smallest absolute Gasteiger partial charge is 0.338 e. The highest BCUT2D eigenvalue weighted by Gasteiger charge is 2.17. The van der Waals surface area contributed by atoms with Gasteiger partial charge >= 0.3 is 5.97 Å². The molecule has 0 heterocycles. The zero-order valence-electron chi connectivity index (χ0n) is 12.5. The number of carboxylic acids is 1. The fourth-order valence-electron chi connectivity index (χ4n) is 3.08. The third-order valence-electron chi connectivity index (χ3n) is 4.27. The lowest BCUT2D eigenvalue weighted by Gasteiger charge is -2.21. The summed E-state index contributed by atoms with van der Waals surface area (Å²) in [5.74, 6) is -0.440. The molecule has 0 unspecified atom stereocenters. The maximum absolute atomic E-state index is 12.0. The van der Waals surface area contributed by atoms with Gasteiger partial charge in [-0.2, -0.15) is 0 Å². The molecule has 21 heavy (non-hydrogen) atoms. The Morgan fingerprint density at radius 3 is 2.62 bits per heavy atom. The van der Waals surface area contributed by atoms with Gasteiger partial charge in [-0.25, -0.2) is 4.79 Å². The molecular formula is C17H23NO3.